The summed E-state index contributed by atoms with van der Waals surface area (Å²) >= 11 is 0. The molecule has 0 aliphatic carbocycles. The molecule has 1 atom stereocenters. The standard InChI is InChI=1S/C16H24FNO/c1-12(2)5-4-6-13(3)18-16(19)11-14-7-9-15(17)10-8-14/h7-10,12-13H,4-6,11H2,1-3H3,(H,18,19)/t13-/m1/s1. The van der Waals surface area contributed by atoms with Crippen LogP contribution in [0.4, 0.5) is 4.39 Å². The minimum absolute atomic E-state index is 0.00338. The molecule has 1 N–H and O–H groups in total. The van der Waals surface area contributed by atoms with Crippen molar-refractivity contribution in [3.8, 4) is 0 Å². The van der Waals surface area contributed by atoms with Crippen LogP contribution in [0.5, 0.6) is 0 Å². The minimum Gasteiger partial charge on any atom is -0.353 e. The molecular formula is C16H24FNO. The van der Waals surface area contributed by atoms with Crippen LogP contribution in [0.1, 0.15) is 45.6 Å². The third-order valence-corrected chi connectivity index (χ3v) is 3.10. The van der Waals surface area contributed by atoms with Crippen LogP contribution in [0.15, 0.2) is 24.3 Å². The quantitative estimate of drug-likeness (QED) is 0.800. The van der Waals surface area contributed by atoms with Crippen LogP contribution in [0, 0.1) is 11.7 Å². The van der Waals surface area contributed by atoms with E-state index in [2.05, 4.69) is 19.2 Å². The van der Waals surface area contributed by atoms with Gasteiger partial charge >= 0.3 is 0 Å². The zero-order valence-electron chi connectivity index (χ0n) is 12.1. The Kier molecular flexibility index (Phi) is 6.54. The van der Waals surface area contributed by atoms with Crippen molar-refractivity contribution in [2.24, 2.45) is 5.92 Å². The first-order chi connectivity index (χ1) is 8.97. The average Bonchev–Trinajstić information content (AvgIpc) is 2.31. The van der Waals surface area contributed by atoms with Gasteiger partial charge in [-0.2, -0.15) is 0 Å². The summed E-state index contributed by atoms with van der Waals surface area (Å²) in [6.07, 6.45) is 3.65. The Balaban J connectivity index is 2.28. The second-order valence-electron chi connectivity index (χ2n) is 5.60. The van der Waals surface area contributed by atoms with Crippen molar-refractivity contribution in [2.45, 2.75) is 52.5 Å². The number of hydrogen-bond acceptors (Lipinski definition) is 1. The van der Waals surface area contributed by atoms with E-state index in [0.717, 1.165) is 18.4 Å². The summed E-state index contributed by atoms with van der Waals surface area (Å²) in [6.45, 7) is 6.44. The fourth-order valence-electron chi connectivity index (χ4n) is 2.02. The molecule has 0 aliphatic heterocycles. The van der Waals surface area contributed by atoms with Crippen LogP contribution in [-0.2, 0) is 11.2 Å². The summed E-state index contributed by atoms with van der Waals surface area (Å²) < 4.78 is 12.7. The van der Waals surface area contributed by atoms with Gasteiger partial charge in [0.2, 0.25) is 5.91 Å². The maximum Gasteiger partial charge on any atom is 0.224 e. The summed E-state index contributed by atoms with van der Waals surface area (Å²) in [6, 6.07) is 6.27. The smallest absolute Gasteiger partial charge is 0.224 e. The topological polar surface area (TPSA) is 29.1 Å². The van der Waals surface area contributed by atoms with E-state index in [-0.39, 0.29) is 17.8 Å². The Hall–Kier alpha value is -1.38. The summed E-state index contributed by atoms with van der Waals surface area (Å²) in [5.74, 6) is 0.442. The predicted octanol–water partition coefficient (Wildman–Crippen LogP) is 3.70. The van der Waals surface area contributed by atoms with E-state index in [1.165, 1.54) is 18.6 Å². The minimum atomic E-state index is -0.272. The number of carbonyl (C=O) groups is 1. The molecule has 0 saturated heterocycles. The molecule has 19 heavy (non-hydrogen) atoms. The maximum atomic E-state index is 12.7. The van der Waals surface area contributed by atoms with Crippen molar-refractivity contribution in [2.75, 3.05) is 0 Å². The first kappa shape index (κ1) is 15.7. The van der Waals surface area contributed by atoms with Gasteiger partial charge in [-0.25, -0.2) is 4.39 Å². The van der Waals surface area contributed by atoms with E-state index in [4.69, 9.17) is 0 Å². The lowest BCUT2D eigenvalue weighted by molar-refractivity contribution is -0.121. The maximum absolute atomic E-state index is 12.7. The SMILES string of the molecule is CC(C)CCC[C@@H](C)NC(=O)Cc1ccc(F)cc1. The van der Waals surface area contributed by atoms with Gasteiger partial charge in [-0.05, 0) is 37.0 Å². The molecule has 106 valence electrons. The molecule has 3 heteroatoms. The molecule has 1 aromatic rings. The largest absolute Gasteiger partial charge is 0.353 e. The van der Waals surface area contributed by atoms with Gasteiger partial charge in [0.25, 0.3) is 0 Å². The predicted molar refractivity (Wildman–Crippen MR) is 76.4 cm³/mol. The molecule has 0 radical (unpaired) electrons. The summed E-state index contributed by atoms with van der Waals surface area (Å²) in [5.41, 5.74) is 0.841. The average molecular weight is 265 g/mol. The molecule has 1 rings (SSSR count). The fourth-order valence-corrected chi connectivity index (χ4v) is 2.02. The van der Waals surface area contributed by atoms with Crippen molar-refractivity contribution in [3.63, 3.8) is 0 Å². The normalized spacial score (nSPS) is 12.5. The summed E-state index contributed by atoms with van der Waals surface area (Å²) in [7, 11) is 0. The fraction of sp³-hybridized carbons (Fsp3) is 0.562. The Labute approximate surface area is 115 Å². The molecular weight excluding hydrogens is 241 g/mol. The molecule has 2 nitrogen and oxygen atoms in total. The molecule has 1 aromatic carbocycles. The highest BCUT2D eigenvalue weighted by atomic mass is 19.1. The van der Waals surface area contributed by atoms with Gasteiger partial charge < -0.3 is 5.32 Å². The number of benzene rings is 1. The van der Waals surface area contributed by atoms with Crippen LogP contribution in [-0.4, -0.2) is 11.9 Å². The molecule has 0 aliphatic rings. The monoisotopic (exact) mass is 265 g/mol. The van der Waals surface area contributed by atoms with Crippen molar-refractivity contribution < 1.29 is 9.18 Å². The number of amides is 1. The van der Waals surface area contributed by atoms with Gasteiger partial charge in [0, 0.05) is 6.04 Å². The summed E-state index contributed by atoms with van der Waals surface area (Å²) in [5, 5.41) is 2.98. The number of nitrogens with one attached hydrogen (secondary N) is 1. The van der Waals surface area contributed by atoms with Crippen LogP contribution >= 0.6 is 0 Å². The zero-order chi connectivity index (χ0) is 14.3. The van der Waals surface area contributed by atoms with E-state index in [0.29, 0.717) is 12.3 Å². The van der Waals surface area contributed by atoms with Gasteiger partial charge in [0.05, 0.1) is 6.42 Å². The molecule has 1 amide bonds. The Bertz CT molecular complexity index is 386. The lowest BCUT2D eigenvalue weighted by Gasteiger charge is -2.14. The van der Waals surface area contributed by atoms with Crippen molar-refractivity contribution in [1.29, 1.82) is 0 Å². The van der Waals surface area contributed by atoms with E-state index in [1.807, 2.05) is 6.92 Å². The highest BCUT2D eigenvalue weighted by molar-refractivity contribution is 5.78. The first-order valence-corrected chi connectivity index (χ1v) is 7.01. The van der Waals surface area contributed by atoms with Gasteiger partial charge in [0.15, 0.2) is 0 Å². The molecule has 0 unspecified atom stereocenters. The van der Waals surface area contributed by atoms with Crippen LogP contribution in [0.25, 0.3) is 0 Å². The first-order valence-electron chi connectivity index (χ1n) is 7.01. The molecule has 0 saturated carbocycles. The second-order valence-corrected chi connectivity index (χ2v) is 5.60. The lowest BCUT2D eigenvalue weighted by Crippen LogP contribution is -2.33. The number of halogens is 1. The second kappa shape index (κ2) is 7.93. The number of hydrogen-bond donors (Lipinski definition) is 1. The highest BCUT2D eigenvalue weighted by Crippen LogP contribution is 2.09. The van der Waals surface area contributed by atoms with Crippen molar-refractivity contribution in [3.05, 3.63) is 35.6 Å². The summed E-state index contributed by atoms with van der Waals surface area (Å²) in [4.78, 5) is 11.8. The highest BCUT2D eigenvalue weighted by Gasteiger charge is 2.08. The molecule has 0 heterocycles. The van der Waals surface area contributed by atoms with Crippen LogP contribution in [0.2, 0.25) is 0 Å². The third-order valence-electron chi connectivity index (χ3n) is 3.10. The van der Waals surface area contributed by atoms with Crippen LogP contribution in [0.3, 0.4) is 0 Å². The third kappa shape index (κ3) is 6.94. The van der Waals surface area contributed by atoms with Gasteiger partial charge in [-0.15, -0.1) is 0 Å². The van der Waals surface area contributed by atoms with Gasteiger partial charge in [-0.1, -0.05) is 38.8 Å². The van der Waals surface area contributed by atoms with E-state index in [1.54, 1.807) is 12.1 Å². The lowest BCUT2D eigenvalue weighted by atomic mass is 10.0. The van der Waals surface area contributed by atoms with E-state index >= 15 is 0 Å². The number of rotatable bonds is 7. The molecule has 0 spiro atoms. The zero-order valence-corrected chi connectivity index (χ0v) is 12.1. The number of carbonyl (C=O) groups excluding carboxylic acids is 1. The molecule has 0 fully saturated rings. The Morgan fingerprint density at radius 2 is 1.79 bits per heavy atom. The molecule has 0 aromatic heterocycles. The van der Waals surface area contributed by atoms with E-state index < -0.39 is 0 Å². The van der Waals surface area contributed by atoms with Gasteiger partial charge in [-0.3, -0.25) is 4.79 Å². The van der Waals surface area contributed by atoms with Crippen LogP contribution < -0.4 is 5.32 Å². The molecule has 0 bridgehead atoms. The van der Waals surface area contributed by atoms with Gasteiger partial charge in [0.1, 0.15) is 5.82 Å². The van der Waals surface area contributed by atoms with Crippen molar-refractivity contribution in [1.82, 2.24) is 5.32 Å². The van der Waals surface area contributed by atoms with E-state index in [9.17, 15) is 9.18 Å². The van der Waals surface area contributed by atoms with Crippen molar-refractivity contribution >= 4 is 5.91 Å². The Morgan fingerprint density at radius 3 is 2.37 bits per heavy atom. The Morgan fingerprint density at radius 1 is 1.16 bits per heavy atom.